The van der Waals surface area contributed by atoms with E-state index in [0.29, 0.717) is 0 Å². The van der Waals surface area contributed by atoms with Crippen LogP contribution in [0.15, 0.2) is 35.3 Å². The van der Waals surface area contributed by atoms with E-state index in [1.165, 1.54) is 5.56 Å². The van der Waals surface area contributed by atoms with E-state index in [4.69, 9.17) is 0 Å². The van der Waals surface area contributed by atoms with E-state index in [9.17, 15) is 0 Å². The van der Waals surface area contributed by atoms with Crippen LogP contribution in [0, 0.1) is 0 Å². The van der Waals surface area contributed by atoms with Crippen molar-refractivity contribution in [2.75, 3.05) is 20.4 Å². The number of nitrogens with zero attached hydrogens (tertiary/aromatic N) is 2. The van der Waals surface area contributed by atoms with Gasteiger partial charge in [0.15, 0.2) is 5.17 Å². The van der Waals surface area contributed by atoms with Gasteiger partial charge in [0.2, 0.25) is 0 Å². The van der Waals surface area contributed by atoms with Crippen LogP contribution >= 0.6 is 11.8 Å². The first-order chi connectivity index (χ1) is 6.77. The van der Waals surface area contributed by atoms with Crippen molar-refractivity contribution >= 4 is 16.9 Å². The van der Waals surface area contributed by atoms with Gasteiger partial charge in [-0.2, -0.15) is 0 Å². The Morgan fingerprint density at radius 2 is 2.00 bits per heavy atom. The molecule has 3 heteroatoms. The molecule has 0 amide bonds. The van der Waals surface area contributed by atoms with Crippen molar-refractivity contribution < 1.29 is 0 Å². The Labute approximate surface area is 90.0 Å². The first-order valence-corrected chi connectivity index (χ1v) is 5.76. The average molecular weight is 208 g/mol. The third-order valence-corrected chi connectivity index (χ3v) is 2.82. The molecular formula is C11H16N2S. The molecule has 0 aliphatic rings. The standard InChI is InChI=1S/C11H16N2S/c1-12-11(14-3)13(2)9-10-7-5-4-6-8-10/h4-8H,9H2,1-3H3/b12-11-. The molecule has 2 nitrogen and oxygen atoms in total. The van der Waals surface area contributed by atoms with Crippen LogP contribution in [-0.2, 0) is 6.54 Å². The highest BCUT2D eigenvalue weighted by atomic mass is 32.2. The Morgan fingerprint density at radius 3 is 2.50 bits per heavy atom. The molecule has 0 spiro atoms. The van der Waals surface area contributed by atoms with E-state index in [0.717, 1.165) is 11.7 Å². The van der Waals surface area contributed by atoms with Gasteiger partial charge in [0, 0.05) is 20.6 Å². The average Bonchev–Trinajstić information content (AvgIpc) is 2.21. The van der Waals surface area contributed by atoms with Crippen molar-refractivity contribution in [1.29, 1.82) is 0 Å². The van der Waals surface area contributed by atoms with E-state index in [-0.39, 0.29) is 0 Å². The summed E-state index contributed by atoms with van der Waals surface area (Å²) in [5.41, 5.74) is 1.31. The summed E-state index contributed by atoms with van der Waals surface area (Å²) in [6.45, 7) is 0.911. The second-order valence-electron chi connectivity index (χ2n) is 3.05. The molecule has 0 saturated heterocycles. The maximum absolute atomic E-state index is 4.21. The van der Waals surface area contributed by atoms with Crippen LogP contribution in [0.4, 0.5) is 0 Å². The van der Waals surface area contributed by atoms with Crippen LogP contribution in [0.3, 0.4) is 0 Å². The van der Waals surface area contributed by atoms with Gasteiger partial charge in [0.25, 0.3) is 0 Å². The van der Waals surface area contributed by atoms with Crippen molar-refractivity contribution in [2.24, 2.45) is 4.99 Å². The maximum Gasteiger partial charge on any atom is 0.158 e. The summed E-state index contributed by atoms with van der Waals surface area (Å²) in [5.74, 6) is 0. The Morgan fingerprint density at radius 1 is 1.36 bits per heavy atom. The SMILES string of the molecule is C/N=C(\SC)N(C)Cc1ccccc1. The van der Waals surface area contributed by atoms with Gasteiger partial charge in [-0.05, 0) is 11.8 Å². The summed E-state index contributed by atoms with van der Waals surface area (Å²) >= 11 is 1.67. The molecule has 0 aliphatic carbocycles. The van der Waals surface area contributed by atoms with Crippen molar-refractivity contribution in [3.8, 4) is 0 Å². The zero-order chi connectivity index (χ0) is 10.4. The Balaban J connectivity index is 2.61. The summed E-state index contributed by atoms with van der Waals surface area (Å²) in [4.78, 5) is 6.36. The molecule has 76 valence electrons. The van der Waals surface area contributed by atoms with E-state index in [1.807, 2.05) is 19.4 Å². The molecule has 0 aromatic heterocycles. The van der Waals surface area contributed by atoms with E-state index in [1.54, 1.807) is 11.8 Å². The fraction of sp³-hybridized carbons (Fsp3) is 0.364. The second-order valence-corrected chi connectivity index (χ2v) is 3.83. The van der Waals surface area contributed by atoms with Crippen molar-refractivity contribution in [2.45, 2.75) is 6.54 Å². The molecule has 0 bridgehead atoms. The minimum atomic E-state index is 0.911. The lowest BCUT2D eigenvalue weighted by Crippen LogP contribution is -2.23. The smallest absolute Gasteiger partial charge is 0.158 e. The molecule has 1 rings (SSSR count). The van der Waals surface area contributed by atoms with Crippen LogP contribution in [0.1, 0.15) is 5.56 Å². The van der Waals surface area contributed by atoms with Gasteiger partial charge in [-0.25, -0.2) is 0 Å². The number of hydrogen-bond donors (Lipinski definition) is 0. The predicted octanol–water partition coefficient (Wildman–Crippen LogP) is 2.47. The van der Waals surface area contributed by atoms with Gasteiger partial charge < -0.3 is 4.90 Å². The number of hydrogen-bond acceptors (Lipinski definition) is 2. The zero-order valence-corrected chi connectivity index (χ0v) is 9.71. The molecule has 0 atom stereocenters. The highest BCUT2D eigenvalue weighted by Gasteiger charge is 2.03. The summed E-state index contributed by atoms with van der Waals surface area (Å²) < 4.78 is 0. The Hall–Kier alpha value is -0.960. The third kappa shape index (κ3) is 3.07. The van der Waals surface area contributed by atoms with Crippen molar-refractivity contribution in [3.63, 3.8) is 0 Å². The first kappa shape index (κ1) is 11.1. The molecule has 0 heterocycles. The van der Waals surface area contributed by atoms with Gasteiger partial charge in [-0.3, -0.25) is 4.99 Å². The summed E-state index contributed by atoms with van der Waals surface area (Å²) in [5, 5.41) is 1.06. The molecule has 0 aliphatic heterocycles. The fourth-order valence-electron chi connectivity index (χ4n) is 1.34. The van der Waals surface area contributed by atoms with E-state index < -0.39 is 0 Å². The molecule has 0 N–H and O–H groups in total. The van der Waals surface area contributed by atoms with Gasteiger partial charge in [-0.15, -0.1) is 0 Å². The number of rotatable bonds is 2. The van der Waals surface area contributed by atoms with Crippen molar-refractivity contribution in [3.05, 3.63) is 35.9 Å². The fourth-order valence-corrected chi connectivity index (χ4v) is 1.90. The highest BCUT2D eigenvalue weighted by molar-refractivity contribution is 8.13. The molecular weight excluding hydrogens is 192 g/mol. The Kier molecular flexibility index (Phi) is 4.53. The summed E-state index contributed by atoms with van der Waals surface area (Å²) in [6.07, 6.45) is 2.05. The highest BCUT2D eigenvalue weighted by Crippen LogP contribution is 2.08. The largest absolute Gasteiger partial charge is 0.350 e. The lowest BCUT2D eigenvalue weighted by atomic mass is 10.2. The van der Waals surface area contributed by atoms with E-state index in [2.05, 4.69) is 41.2 Å². The first-order valence-electron chi connectivity index (χ1n) is 4.53. The third-order valence-electron chi connectivity index (χ3n) is 1.96. The minimum absolute atomic E-state index is 0.911. The monoisotopic (exact) mass is 208 g/mol. The lowest BCUT2D eigenvalue weighted by molar-refractivity contribution is 0.510. The van der Waals surface area contributed by atoms with Crippen molar-refractivity contribution in [1.82, 2.24) is 4.90 Å². The minimum Gasteiger partial charge on any atom is -0.350 e. The molecule has 14 heavy (non-hydrogen) atoms. The van der Waals surface area contributed by atoms with Gasteiger partial charge >= 0.3 is 0 Å². The van der Waals surface area contributed by atoms with Gasteiger partial charge in [0.1, 0.15) is 0 Å². The zero-order valence-electron chi connectivity index (χ0n) is 8.90. The molecule has 0 fully saturated rings. The quantitative estimate of drug-likeness (QED) is 0.548. The summed E-state index contributed by atoms with van der Waals surface area (Å²) in [7, 11) is 3.89. The summed E-state index contributed by atoms with van der Waals surface area (Å²) in [6, 6.07) is 10.4. The number of benzene rings is 1. The van der Waals surface area contributed by atoms with Crippen LogP contribution in [-0.4, -0.2) is 30.4 Å². The van der Waals surface area contributed by atoms with Gasteiger partial charge in [0.05, 0.1) is 0 Å². The van der Waals surface area contributed by atoms with Crippen LogP contribution in [0.2, 0.25) is 0 Å². The topological polar surface area (TPSA) is 15.6 Å². The van der Waals surface area contributed by atoms with Crippen LogP contribution in [0.25, 0.3) is 0 Å². The van der Waals surface area contributed by atoms with Crippen LogP contribution in [0.5, 0.6) is 0 Å². The Bertz CT molecular complexity index is 295. The molecule has 1 aromatic rings. The predicted molar refractivity (Wildman–Crippen MR) is 64.8 cm³/mol. The lowest BCUT2D eigenvalue weighted by Gasteiger charge is -2.19. The van der Waals surface area contributed by atoms with Crippen LogP contribution < -0.4 is 0 Å². The molecule has 0 saturated carbocycles. The number of aliphatic imine (C=N–C) groups is 1. The molecule has 0 radical (unpaired) electrons. The van der Waals surface area contributed by atoms with E-state index >= 15 is 0 Å². The molecule has 1 aromatic carbocycles. The van der Waals surface area contributed by atoms with Gasteiger partial charge in [-0.1, -0.05) is 42.1 Å². The molecule has 0 unspecified atom stereocenters. The number of amidine groups is 1. The normalized spacial score (nSPS) is 11.5. The maximum atomic E-state index is 4.21. The second kappa shape index (κ2) is 5.70. The number of thioether (sulfide) groups is 1.